The Balaban J connectivity index is 3.10. The van der Waals surface area contributed by atoms with E-state index in [4.69, 9.17) is 0 Å². The minimum absolute atomic E-state index is 0.0580. The maximum absolute atomic E-state index is 12.7. The molecule has 0 radical (unpaired) electrons. The molecule has 1 aromatic carbocycles. The largest absolute Gasteiger partial charge is 0.466 e. The average molecular weight is 429 g/mol. The van der Waals surface area contributed by atoms with Gasteiger partial charge in [0.25, 0.3) is 0 Å². The van der Waals surface area contributed by atoms with Gasteiger partial charge in [0.1, 0.15) is 5.70 Å². The predicted octanol–water partition coefficient (Wildman–Crippen LogP) is 2.95. The number of halogens is 4. The predicted molar refractivity (Wildman–Crippen MR) is 79.9 cm³/mol. The molecule has 0 spiro atoms. The Morgan fingerprint density at radius 1 is 1.23 bits per heavy atom. The first-order valence-electron chi connectivity index (χ1n) is 5.70. The molecule has 0 amide bonds. The minimum atomic E-state index is -4.47. The Hall–Kier alpha value is -1.78. The van der Waals surface area contributed by atoms with Gasteiger partial charge in [-0.15, -0.1) is 0 Å². The number of benzene rings is 1. The Labute approximate surface area is 137 Å². The van der Waals surface area contributed by atoms with Crippen LogP contribution in [0.1, 0.15) is 5.56 Å². The van der Waals surface area contributed by atoms with Gasteiger partial charge in [0.05, 0.1) is 25.9 Å². The molecule has 120 valence electrons. The van der Waals surface area contributed by atoms with Crippen LogP contribution in [0.4, 0.5) is 18.9 Å². The highest BCUT2D eigenvalue weighted by Crippen LogP contribution is 2.34. The third kappa shape index (κ3) is 4.90. The fourth-order valence-electron chi connectivity index (χ4n) is 1.41. The summed E-state index contributed by atoms with van der Waals surface area (Å²) in [6.45, 7) is 0. The van der Waals surface area contributed by atoms with Crippen LogP contribution in [0.25, 0.3) is 0 Å². The summed E-state index contributed by atoms with van der Waals surface area (Å²) in [4.78, 5) is 22.7. The maximum atomic E-state index is 12.7. The lowest BCUT2D eigenvalue weighted by molar-refractivity contribution is -0.138. The van der Waals surface area contributed by atoms with Crippen molar-refractivity contribution in [3.05, 3.63) is 39.1 Å². The second kappa shape index (κ2) is 7.47. The molecule has 1 rings (SSSR count). The van der Waals surface area contributed by atoms with E-state index < -0.39 is 23.7 Å². The number of carbonyl (C=O) groups is 2. The van der Waals surface area contributed by atoms with Gasteiger partial charge in [0.2, 0.25) is 0 Å². The van der Waals surface area contributed by atoms with Crippen molar-refractivity contribution < 1.29 is 32.2 Å². The molecule has 9 heteroatoms. The number of esters is 2. The molecule has 0 aliphatic carbocycles. The van der Waals surface area contributed by atoms with Crippen LogP contribution in [-0.4, -0.2) is 26.2 Å². The number of nitrogens with one attached hydrogen (secondary N) is 1. The highest BCUT2D eigenvalue weighted by Gasteiger charge is 2.32. The van der Waals surface area contributed by atoms with E-state index in [1.165, 1.54) is 28.7 Å². The number of hydrogen-bond donors (Lipinski definition) is 1. The molecule has 0 aromatic heterocycles. The van der Waals surface area contributed by atoms with Crippen LogP contribution in [0.2, 0.25) is 0 Å². The number of rotatable bonds is 4. The van der Waals surface area contributed by atoms with E-state index in [9.17, 15) is 22.8 Å². The summed E-state index contributed by atoms with van der Waals surface area (Å²) in [6.07, 6.45) is -3.63. The van der Waals surface area contributed by atoms with Crippen molar-refractivity contribution in [3.63, 3.8) is 0 Å². The molecular weight excluding hydrogens is 418 g/mol. The van der Waals surface area contributed by atoms with Crippen molar-refractivity contribution in [1.29, 1.82) is 0 Å². The monoisotopic (exact) mass is 429 g/mol. The van der Waals surface area contributed by atoms with Crippen LogP contribution >= 0.6 is 22.6 Å². The third-order valence-corrected chi connectivity index (χ3v) is 3.31. The van der Waals surface area contributed by atoms with Gasteiger partial charge in [0, 0.05) is 9.26 Å². The van der Waals surface area contributed by atoms with Crippen LogP contribution in [-0.2, 0) is 25.2 Å². The molecule has 5 nitrogen and oxygen atoms in total. The Morgan fingerprint density at radius 3 is 2.32 bits per heavy atom. The van der Waals surface area contributed by atoms with E-state index in [0.29, 0.717) is 0 Å². The molecule has 0 saturated carbocycles. The smallest absolute Gasteiger partial charge is 0.417 e. The summed E-state index contributed by atoms with van der Waals surface area (Å²) in [5, 5.41) is 2.53. The molecule has 1 N–H and O–H groups in total. The molecule has 1 aromatic rings. The number of anilines is 1. The number of alkyl halides is 3. The first-order valence-corrected chi connectivity index (χ1v) is 6.78. The Morgan fingerprint density at radius 2 is 1.86 bits per heavy atom. The second-order valence-corrected chi connectivity index (χ2v) is 5.05. The van der Waals surface area contributed by atoms with Gasteiger partial charge >= 0.3 is 18.1 Å². The molecule has 0 bridgehead atoms. The van der Waals surface area contributed by atoms with Crippen molar-refractivity contribution in [2.45, 2.75) is 6.18 Å². The number of hydrogen-bond acceptors (Lipinski definition) is 5. The van der Waals surface area contributed by atoms with Crippen LogP contribution in [0, 0.1) is 3.57 Å². The summed E-state index contributed by atoms with van der Waals surface area (Å²) in [7, 11) is 2.22. The minimum Gasteiger partial charge on any atom is -0.466 e. The SMILES string of the molecule is COC(=O)/C=C(/Nc1ccc(C(F)(F)F)c(I)c1)C(=O)OC. The summed E-state index contributed by atoms with van der Waals surface area (Å²) in [6, 6.07) is 3.20. The van der Waals surface area contributed by atoms with Crippen LogP contribution in [0.15, 0.2) is 30.0 Å². The quantitative estimate of drug-likeness (QED) is 0.453. The Kier molecular flexibility index (Phi) is 6.21. The zero-order chi connectivity index (χ0) is 16.9. The molecule has 0 unspecified atom stereocenters. The fourth-order valence-corrected chi connectivity index (χ4v) is 2.23. The van der Waals surface area contributed by atoms with Crippen LogP contribution in [0.3, 0.4) is 0 Å². The molecule has 0 aliphatic heterocycles. The average Bonchev–Trinajstić information content (AvgIpc) is 2.44. The van der Waals surface area contributed by atoms with E-state index in [0.717, 1.165) is 32.4 Å². The lowest BCUT2D eigenvalue weighted by atomic mass is 10.2. The van der Waals surface area contributed by atoms with Crippen LogP contribution < -0.4 is 5.32 Å². The molecule has 0 atom stereocenters. The highest BCUT2D eigenvalue weighted by molar-refractivity contribution is 14.1. The third-order valence-electron chi connectivity index (χ3n) is 2.42. The number of carbonyl (C=O) groups excluding carboxylic acids is 2. The number of ether oxygens (including phenoxy) is 2. The number of methoxy groups -OCH3 is 2. The maximum Gasteiger partial charge on any atom is 0.417 e. The first-order chi connectivity index (χ1) is 10.2. The van der Waals surface area contributed by atoms with Crippen molar-refractivity contribution in [1.82, 2.24) is 0 Å². The van der Waals surface area contributed by atoms with Crippen LogP contribution in [0.5, 0.6) is 0 Å². The van der Waals surface area contributed by atoms with E-state index in [2.05, 4.69) is 14.8 Å². The van der Waals surface area contributed by atoms with Gasteiger partial charge < -0.3 is 14.8 Å². The van der Waals surface area contributed by atoms with Gasteiger partial charge in [0.15, 0.2) is 0 Å². The molecular formula is C13H11F3INO4. The summed E-state index contributed by atoms with van der Waals surface area (Å²) < 4.78 is 46.8. The molecule has 0 saturated heterocycles. The van der Waals surface area contributed by atoms with Crippen molar-refractivity contribution >= 4 is 40.2 Å². The summed E-state index contributed by atoms with van der Waals surface area (Å²) in [5.41, 5.74) is -0.863. The van der Waals surface area contributed by atoms with E-state index in [-0.39, 0.29) is 15.0 Å². The van der Waals surface area contributed by atoms with Gasteiger partial charge in [-0.1, -0.05) is 0 Å². The lowest BCUT2D eigenvalue weighted by Crippen LogP contribution is -2.16. The first kappa shape index (κ1) is 18.3. The zero-order valence-electron chi connectivity index (χ0n) is 11.5. The summed E-state index contributed by atoms with van der Waals surface area (Å²) >= 11 is 1.53. The standard InChI is InChI=1S/C13H11F3INO4/c1-21-11(19)6-10(12(20)22-2)18-7-3-4-8(9(17)5-7)13(14,15)16/h3-6,18H,1-2H3/b10-6+. The topological polar surface area (TPSA) is 64.6 Å². The Bertz CT molecular complexity index is 614. The van der Waals surface area contributed by atoms with E-state index in [1.807, 2.05) is 0 Å². The molecule has 0 aliphatic rings. The normalized spacial score (nSPS) is 11.8. The van der Waals surface area contributed by atoms with Crippen molar-refractivity contribution in [2.75, 3.05) is 19.5 Å². The lowest BCUT2D eigenvalue weighted by Gasteiger charge is -2.13. The van der Waals surface area contributed by atoms with Gasteiger partial charge in [-0.25, -0.2) is 9.59 Å². The molecule has 0 fully saturated rings. The zero-order valence-corrected chi connectivity index (χ0v) is 13.6. The fraction of sp³-hybridized carbons (Fsp3) is 0.231. The van der Waals surface area contributed by atoms with Crippen molar-refractivity contribution in [3.8, 4) is 0 Å². The highest BCUT2D eigenvalue weighted by atomic mass is 127. The molecule has 0 heterocycles. The summed E-state index contributed by atoms with van der Waals surface area (Å²) in [5.74, 6) is -1.67. The van der Waals surface area contributed by atoms with E-state index in [1.54, 1.807) is 0 Å². The van der Waals surface area contributed by atoms with Gasteiger partial charge in [-0.3, -0.25) is 0 Å². The van der Waals surface area contributed by atoms with Crippen molar-refractivity contribution in [2.24, 2.45) is 0 Å². The van der Waals surface area contributed by atoms with Gasteiger partial charge in [-0.2, -0.15) is 13.2 Å². The van der Waals surface area contributed by atoms with E-state index >= 15 is 0 Å². The van der Waals surface area contributed by atoms with Gasteiger partial charge in [-0.05, 0) is 40.8 Å². The molecule has 22 heavy (non-hydrogen) atoms. The second-order valence-electron chi connectivity index (χ2n) is 3.89.